The Kier molecular flexibility index (Phi) is 10.2. The number of hydrogen-bond donors (Lipinski definition) is 1. The van der Waals surface area contributed by atoms with Crippen molar-refractivity contribution in [2.75, 3.05) is 0 Å². The maximum absolute atomic E-state index is 11.3. The average molecular weight is 320 g/mol. The highest BCUT2D eigenvalue weighted by Gasteiger charge is 2.18. The summed E-state index contributed by atoms with van der Waals surface area (Å²) in [5.74, 6) is 0.570. The zero-order valence-corrected chi connectivity index (χ0v) is 14.7. The second-order valence-corrected chi connectivity index (χ2v) is 6.70. The number of rotatable bonds is 13. The van der Waals surface area contributed by atoms with Crippen LogP contribution in [-0.2, 0) is 4.79 Å². The van der Waals surface area contributed by atoms with Gasteiger partial charge in [0.2, 0.25) is 0 Å². The molecular weight excluding hydrogens is 288 g/mol. The Bertz CT molecular complexity index is 414. The van der Waals surface area contributed by atoms with E-state index in [-0.39, 0.29) is 0 Å². The van der Waals surface area contributed by atoms with E-state index in [1.165, 1.54) is 38.5 Å². The monoisotopic (exact) mass is 320 g/mol. The highest BCUT2D eigenvalue weighted by atomic mass is 16.5. The number of carbonyl (C=O) groups is 1. The van der Waals surface area contributed by atoms with Crippen molar-refractivity contribution in [1.82, 2.24) is 0 Å². The van der Waals surface area contributed by atoms with Crippen molar-refractivity contribution in [2.45, 2.75) is 77.7 Å². The van der Waals surface area contributed by atoms with E-state index < -0.39 is 12.1 Å². The third-order valence-corrected chi connectivity index (χ3v) is 4.04. The third kappa shape index (κ3) is 9.98. The summed E-state index contributed by atoms with van der Waals surface area (Å²) in [5.41, 5.74) is 0. The van der Waals surface area contributed by atoms with Crippen LogP contribution in [0, 0.1) is 5.92 Å². The number of carboxylic acid groups (broad SMARTS) is 1. The third-order valence-electron chi connectivity index (χ3n) is 4.04. The van der Waals surface area contributed by atoms with Crippen LogP contribution in [0.5, 0.6) is 5.75 Å². The maximum Gasteiger partial charge on any atom is 0.344 e. The fourth-order valence-electron chi connectivity index (χ4n) is 2.66. The van der Waals surface area contributed by atoms with E-state index in [2.05, 4.69) is 13.8 Å². The van der Waals surface area contributed by atoms with Gasteiger partial charge < -0.3 is 9.84 Å². The molecule has 0 saturated carbocycles. The topological polar surface area (TPSA) is 46.5 Å². The highest BCUT2D eigenvalue weighted by Crippen LogP contribution is 2.16. The summed E-state index contributed by atoms with van der Waals surface area (Å²) in [4.78, 5) is 11.3. The molecule has 0 amide bonds. The number of unbranched alkanes of at least 4 members (excludes halogenated alkanes) is 6. The quantitative estimate of drug-likeness (QED) is 0.475. The van der Waals surface area contributed by atoms with E-state index in [0.717, 1.165) is 18.8 Å². The van der Waals surface area contributed by atoms with Gasteiger partial charge in [-0.25, -0.2) is 4.79 Å². The van der Waals surface area contributed by atoms with Crippen molar-refractivity contribution in [3.05, 3.63) is 30.3 Å². The molecule has 0 heterocycles. The Labute approximate surface area is 141 Å². The van der Waals surface area contributed by atoms with Crippen LogP contribution in [0.25, 0.3) is 0 Å². The Hall–Kier alpha value is -1.51. The van der Waals surface area contributed by atoms with Crippen LogP contribution < -0.4 is 4.74 Å². The normalized spacial score (nSPS) is 12.3. The van der Waals surface area contributed by atoms with Crippen LogP contribution in [0.2, 0.25) is 0 Å². The molecule has 0 fully saturated rings. The number of carboxylic acids is 1. The van der Waals surface area contributed by atoms with Crippen molar-refractivity contribution >= 4 is 5.97 Å². The molecule has 3 nitrogen and oxygen atoms in total. The lowest BCUT2D eigenvalue weighted by molar-refractivity contribution is -0.145. The first-order valence-corrected chi connectivity index (χ1v) is 9.04. The van der Waals surface area contributed by atoms with Crippen LogP contribution in [0.4, 0.5) is 0 Å². The molecule has 1 rings (SSSR count). The molecule has 130 valence electrons. The first kappa shape index (κ1) is 19.5. The lowest BCUT2D eigenvalue weighted by Crippen LogP contribution is -2.26. The molecule has 0 radical (unpaired) electrons. The average Bonchev–Trinajstić information content (AvgIpc) is 2.52. The van der Waals surface area contributed by atoms with Gasteiger partial charge in [0.05, 0.1) is 0 Å². The van der Waals surface area contributed by atoms with Crippen LogP contribution in [0.3, 0.4) is 0 Å². The number of benzene rings is 1. The fourth-order valence-corrected chi connectivity index (χ4v) is 2.66. The standard InChI is InChI=1S/C20H32O3/c1-17(2)13-9-6-4-3-5-7-12-16-19(20(21)22)23-18-14-10-8-11-15-18/h8,10-11,14-15,17,19H,3-7,9,12-13,16H2,1-2H3,(H,21,22). The smallest absolute Gasteiger partial charge is 0.344 e. The molecule has 0 bridgehead atoms. The number of ether oxygens (including phenoxy) is 1. The van der Waals surface area contributed by atoms with Gasteiger partial charge in [-0.05, 0) is 30.9 Å². The van der Waals surface area contributed by atoms with Gasteiger partial charge in [-0.1, -0.05) is 77.0 Å². The van der Waals surface area contributed by atoms with Gasteiger partial charge in [-0.3, -0.25) is 0 Å². The van der Waals surface area contributed by atoms with Gasteiger partial charge in [-0.2, -0.15) is 0 Å². The Morgan fingerprint density at radius 1 is 0.913 bits per heavy atom. The lowest BCUT2D eigenvalue weighted by atomic mass is 10.0. The van der Waals surface area contributed by atoms with Crippen molar-refractivity contribution in [3.63, 3.8) is 0 Å². The minimum absolute atomic E-state index is 0.581. The van der Waals surface area contributed by atoms with Crippen molar-refractivity contribution in [3.8, 4) is 5.75 Å². The fraction of sp³-hybridized carbons (Fsp3) is 0.650. The Morgan fingerprint density at radius 2 is 1.43 bits per heavy atom. The van der Waals surface area contributed by atoms with Gasteiger partial charge in [0.15, 0.2) is 6.10 Å². The van der Waals surface area contributed by atoms with Crippen LogP contribution in [0.1, 0.15) is 71.6 Å². The summed E-state index contributed by atoms with van der Waals surface area (Å²) in [5, 5.41) is 9.25. The number of hydrogen-bond acceptors (Lipinski definition) is 2. The first-order chi connectivity index (χ1) is 11.1. The Morgan fingerprint density at radius 3 is 1.96 bits per heavy atom. The van der Waals surface area contributed by atoms with Gasteiger partial charge in [0.1, 0.15) is 5.75 Å². The van der Waals surface area contributed by atoms with Gasteiger partial charge >= 0.3 is 5.97 Å². The number of aliphatic carboxylic acids is 1. The molecule has 0 aliphatic heterocycles. The summed E-state index contributed by atoms with van der Waals surface area (Å²) in [6.07, 6.45) is 9.60. The summed E-state index contributed by atoms with van der Waals surface area (Å²) < 4.78 is 5.56. The van der Waals surface area contributed by atoms with E-state index in [4.69, 9.17) is 4.74 Å². The highest BCUT2D eigenvalue weighted by molar-refractivity contribution is 5.72. The molecule has 3 heteroatoms. The first-order valence-electron chi connectivity index (χ1n) is 9.04. The van der Waals surface area contributed by atoms with Crippen LogP contribution in [0.15, 0.2) is 30.3 Å². The molecule has 1 N–H and O–H groups in total. The minimum Gasteiger partial charge on any atom is -0.479 e. The van der Waals surface area contributed by atoms with Gasteiger partial charge in [0.25, 0.3) is 0 Å². The van der Waals surface area contributed by atoms with Crippen molar-refractivity contribution in [1.29, 1.82) is 0 Å². The van der Waals surface area contributed by atoms with Gasteiger partial charge in [0, 0.05) is 0 Å². The van der Waals surface area contributed by atoms with E-state index >= 15 is 0 Å². The predicted molar refractivity (Wildman–Crippen MR) is 94.9 cm³/mol. The molecule has 23 heavy (non-hydrogen) atoms. The summed E-state index contributed by atoms with van der Waals surface area (Å²) in [6.45, 7) is 4.55. The van der Waals surface area contributed by atoms with Crippen LogP contribution >= 0.6 is 0 Å². The maximum atomic E-state index is 11.3. The second kappa shape index (κ2) is 12.0. The van der Waals surface area contributed by atoms with E-state index in [0.29, 0.717) is 12.2 Å². The zero-order chi connectivity index (χ0) is 16.9. The second-order valence-electron chi connectivity index (χ2n) is 6.70. The summed E-state index contributed by atoms with van der Waals surface area (Å²) in [6, 6.07) is 9.20. The predicted octanol–water partition coefficient (Wildman–Crippen LogP) is 5.69. The molecular formula is C20H32O3. The molecule has 0 aromatic heterocycles. The summed E-state index contributed by atoms with van der Waals surface area (Å²) >= 11 is 0. The Balaban J connectivity index is 2.08. The van der Waals surface area contributed by atoms with Crippen LogP contribution in [-0.4, -0.2) is 17.2 Å². The van der Waals surface area contributed by atoms with E-state index in [9.17, 15) is 9.90 Å². The SMILES string of the molecule is CC(C)CCCCCCCCCC(Oc1ccccc1)C(=O)O. The molecule has 1 unspecified atom stereocenters. The van der Waals surface area contributed by atoms with Gasteiger partial charge in [-0.15, -0.1) is 0 Å². The zero-order valence-electron chi connectivity index (χ0n) is 14.7. The lowest BCUT2D eigenvalue weighted by Gasteiger charge is -2.15. The van der Waals surface area contributed by atoms with Crippen molar-refractivity contribution in [2.24, 2.45) is 5.92 Å². The number of para-hydroxylation sites is 1. The molecule has 0 saturated heterocycles. The molecule has 0 aliphatic rings. The van der Waals surface area contributed by atoms with E-state index in [1.54, 1.807) is 12.1 Å². The van der Waals surface area contributed by atoms with Crippen molar-refractivity contribution < 1.29 is 14.6 Å². The minimum atomic E-state index is -0.873. The molecule has 0 spiro atoms. The molecule has 1 atom stereocenters. The summed E-state index contributed by atoms with van der Waals surface area (Å²) in [7, 11) is 0. The molecule has 1 aromatic carbocycles. The van der Waals surface area contributed by atoms with E-state index in [1.807, 2.05) is 18.2 Å². The molecule has 1 aromatic rings. The molecule has 0 aliphatic carbocycles. The largest absolute Gasteiger partial charge is 0.479 e.